The molecule has 0 spiro atoms. The van der Waals surface area contributed by atoms with Crippen LogP contribution in [0, 0.1) is 0 Å². The fraction of sp³-hybridized carbons (Fsp3) is 0.350. The summed E-state index contributed by atoms with van der Waals surface area (Å²) in [6.45, 7) is 2.71. The van der Waals surface area contributed by atoms with Crippen molar-refractivity contribution in [2.45, 2.75) is 19.9 Å². The van der Waals surface area contributed by atoms with Crippen LogP contribution in [-0.4, -0.2) is 50.2 Å². The van der Waals surface area contributed by atoms with Crippen LogP contribution in [0.1, 0.15) is 38.1 Å². The zero-order valence-corrected chi connectivity index (χ0v) is 17.8. The van der Waals surface area contributed by atoms with E-state index in [1.165, 1.54) is 25.6 Å². The van der Waals surface area contributed by atoms with E-state index < -0.39 is 17.9 Å². The number of benzene rings is 1. The van der Waals surface area contributed by atoms with E-state index in [0.29, 0.717) is 23.7 Å². The van der Waals surface area contributed by atoms with Gasteiger partial charge in [-0.25, -0.2) is 4.79 Å². The van der Waals surface area contributed by atoms with E-state index in [4.69, 9.17) is 19.9 Å². The summed E-state index contributed by atoms with van der Waals surface area (Å²) in [5.41, 5.74) is 6.89. The fourth-order valence-electron chi connectivity index (χ4n) is 3.36. The second-order valence-corrected chi connectivity index (χ2v) is 7.54. The summed E-state index contributed by atoms with van der Waals surface area (Å²) < 4.78 is 15.6. The molecule has 0 atom stereocenters. The first kappa shape index (κ1) is 21.4. The van der Waals surface area contributed by atoms with Crippen LogP contribution in [0.4, 0.5) is 9.80 Å². The Morgan fingerprint density at radius 1 is 1.23 bits per heavy atom. The highest BCUT2D eigenvalue weighted by Gasteiger charge is 2.30. The molecule has 10 heteroatoms. The number of methoxy groups -OCH3 is 2. The van der Waals surface area contributed by atoms with Gasteiger partial charge in [-0.05, 0) is 31.0 Å². The molecule has 30 heavy (non-hydrogen) atoms. The van der Waals surface area contributed by atoms with Crippen molar-refractivity contribution in [3.05, 3.63) is 39.8 Å². The van der Waals surface area contributed by atoms with Gasteiger partial charge in [-0.15, -0.1) is 11.3 Å². The first-order chi connectivity index (χ1) is 14.4. The minimum atomic E-state index is -0.634. The van der Waals surface area contributed by atoms with Gasteiger partial charge in [-0.2, -0.15) is 0 Å². The molecule has 0 fully saturated rings. The predicted octanol–water partition coefficient (Wildman–Crippen LogP) is 2.63. The summed E-state index contributed by atoms with van der Waals surface area (Å²) in [4.78, 5) is 39.5. The van der Waals surface area contributed by atoms with Gasteiger partial charge in [0.05, 0.1) is 38.5 Å². The highest BCUT2D eigenvalue weighted by atomic mass is 32.1. The maximum Gasteiger partial charge on any atom is 0.410 e. The number of nitrogens with zero attached hydrogens (tertiary/aromatic N) is 1. The molecule has 0 saturated heterocycles. The number of carbonyl (C=O) groups excluding carboxylic acids is 3. The van der Waals surface area contributed by atoms with Gasteiger partial charge in [0.2, 0.25) is 0 Å². The van der Waals surface area contributed by atoms with Crippen molar-refractivity contribution >= 4 is 34.2 Å². The lowest BCUT2D eigenvalue weighted by molar-refractivity contribution is 0.0997. The van der Waals surface area contributed by atoms with Gasteiger partial charge in [0.1, 0.15) is 5.00 Å². The molecule has 0 saturated carbocycles. The summed E-state index contributed by atoms with van der Waals surface area (Å²) in [5.74, 6) is -0.400. The zero-order chi connectivity index (χ0) is 21.8. The highest BCUT2D eigenvalue weighted by molar-refractivity contribution is 7.17. The number of primary amides is 1. The fourth-order valence-corrected chi connectivity index (χ4v) is 4.62. The van der Waals surface area contributed by atoms with Gasteiger partial charge in [0, 0.05) is 11.4 Å². The van der Waals surface area contributed by atoms with Crippen LogP contribution in [0.15, 0.2) is 18.2 Å². The number of thiophene rings is 1. The van der Waals surface area contributed by atoms with Crippen LogP contribution >= 0.6 is 11.3 Å². The third kappa shape index (κ3) is 4.04. The third-order valence-electron chi connectivity index (χ3n) is 4.70. The van der Waals surface area contributed by atoms with Crippen LogP contribution in [0.25, 0.3) is 0 Å². The number of para-hydroxylation sites is 1. The molecule has 0 unspecified atom stereocenters. The van der Waals surface area contributed by atoms with E-state index in [9.17, 15) is 14.4 Å². The van der Waals surface area contributed by atoms with E-state index in [2.05, 4.69) is 5.32 Å². The molecular formula is C20H23N3O6S. The van der Waals surface area contributed by atoms with Crippen LogP contribution in [0.3, 0.4) is 0 Å². The molecule has 1 aromatic carbocycles. The Morgan fingerprint density at radius 2 is 2.00 bits per heavy atom. The number of nitrogens with one attached hydrogen (secondary N) is 1. The van der Waals surface area contributed by atoms with Crippen molar-refractivity contribution in [2.75, 3.05) is 32.7 Å². The van der Waals surface area contributed by atoms with Gasteiger partial charge in [0.25, 0.3) is 11.8 Å². The van der Waals surface area contributed by atoms with Crippen molar-refractivity contribution in [1.82, 2.24) is 4.90 Å². The Balaban J connectivity index is 1.92. The second kappa shape index (κ2) is 9.04. The molecule has 3 rings (SSSR count). The van der Waals surface area contributed by atoms with Crippen molar-refractivity contribution in [3.8, 4) is 11.5 Å². The summed E-state index contributed by atoms with van der Waals surface area (Å²) in [7, 11) is 2.92. The van der Waals surface area contributed by atoms with Crippen LogP contribution in [0.2, 0.25) is 0 Å². The average molecular weight is 433 g/mol. The largest absolute Gasteiger partial charge is 0.493 e. The summed E-state index contributed by atoms with van der Waals surface area (Å²) in [6, 6.07) is 4.94. The number of ether oxygens (including phenoxy) is 3. The number of amides is 3. The lowest BCUT2D eigenvalue weighted by atomic mass is 10.0. The van der Waals surface area contributed by atoms with Crippen molar-refractivity contribution < 1.29 is 28.6 Å². The lowest BCUT2D eigenvalue weighted by Gasteiger charge is -2.26. The van der Waals surface area contributed by atoms with E-state index >= 15 is 0 Å². The number of fused-ring (bicyclic) bond motifs is 1. The molecule has 9 nitrogen and oxygen atoms in total. The first-order valence-electron chi connectivity index (χ1n) is 9.29. The maximum absolute atomic E-state index is 12.9. The average Bonchev–Trinajstić information content (AvgIpc) is 3.10. The van der Waals surface area contributed by atoms with Gasteiger partial charge in [-0.3, -0.25) is 9.59 Å². The minimum Gasteiger partial charge on any atom is -0.493 e. The van der Waals surface area contributed by atoms with Crippen LogP contribution in [0.5, 0.6) is 11.5 Å². The third-order valence-corrected chi connectivity index (χ3v) is 5.84. The Bertz CT molecular complexity index is 987. The van der Waals surface area contributed by atoms with Gasteiger partial charge >= 0.3 is 6.09 Å². The van der Waals surface area contributed by atoms with Gasteiger partial charge in [-0.1, -0.05) is 6.07 Å². The Hall–Kier alpha value is -3.27. The number of hydrogen-bond donors (Lipinski definition) is 2. The highest BCUT2D eigenvalue weighted by Crippen LogP contribution is 2.38. The molecule has 2 heterocycles. The summed E-state index contributed by atoms with van der Waals surface area (Å²) in [6.07, 6.45) is 0.0326. The van der Waals surface area contributed by atoms with Crippen molar-refractivity contribution in [1.29, 1.82) is 0 Å². The molecule has 0 bridgehead atoms. The van der Waals surface area contributed by atoms with Crippen LogP contribution in [-0.2, 0) is 17.7 Å². The number of nitrogens with two attached hydrogens (primary N) is 1. The lowest BCUT2D eigenvalue weighted by Crippen LogP contribution is -2.36. The van der Waals surface area contributed by atoms with E-state index in [-0.39, 0.29) is 30.0 Å². The SMILES string of the molecule is CCOC(=O)N1CCc2c(sc(NC(=O)c3cccc(OC)c3OC)c2C(N)=O)C1. The normalized spacial score (nSPS) is 12.7. The molecule has 2 aromatic rings. The summed E-state index contributed by atoms with van der Waals surface area (Å²) in [5, 5.41) is 3.11. The molecule has 3 N–H and O–H groups in total. The Kier molecular flexibility index (Phi) is 6.46. The Morgan fingerprint density at radius 3 is 2.63 bits per heavy atom. The molecule has 3 amide bonds. The number of carbonyl (C=O) groups is 3. The Labute approximate surface area is 177 Å². The number of rotatable bonds is 6. The van der Waals surface area contributed by atoms with Gasteiger partial charge in [0.15, 0.2) is 11.5 Å². The van der Waals surface area contributed by atoms with E-state index in [1.807, 2.05) is 0 Å². The van der Waals surface area contributed by atoms with E-state index in [0.717, 1.165) is 10.4 Å². The topological polar surface area (TPSA) is 120 Å². The molecule has 1 aromatic heterocycles. The first-order valence-corrected chi connectivity index (χ1v) is 10.1. The standard InChI is InChI=1S/C20H23N3O6S/c1-4-29-20(26)23-9-8-11-14(10-23)30-19(15(11)17(21)24)22-18(25)12-6-5-7-13(27-2)16(12)28-3/h5-7H,4,8-10H2,1-3H3,(H2,21,24)(H,22,25). The van der Waals surface area contributed by atoms with Crippen molar-refractivity contribution in [2.24, 2.45) is 5.73 Å². The van der Waals surface area contributed by atoms with Crippen molar-refractivity contribution in [3.63, 3.8) is 0 Å². The molecular weight excluding hydrogens is 410 g/mol. The quantitative estimate of drug-likeness (QED) is 0.723. The molecule has 1 aliphatic heterocycles. The molecule has 160 valence electrons. The summed E-state index contributed by atoms with van der Waals surface area (Å²) >= 11 is 1.22. The van der Waals surface area contributed by atoms with E-state index in [1.54, 1.807) is 30.0 Å². The molecule has 0 radical (unpaired) electrons. The zero-order valence-electron chi connectivity index (χ0n) is 16.9. The minimum absolute atomic E-state index is 0.256. The number of anilines is 1. The monoisotopic (exact) mass is 433 g/mol. The van der Waals surface area contributed by atoms with Crippen LogP contribution < -0.4 is 20.5 Å². The molecule has 0 aliphatic carbocycles. The second-order valence-electron chi connectivity index (χ2n) is 6.44. The maximum atomic E-state index is 12.9. The van der Waals surface area contributed by atoms with Gasteiger partial charge < -0.3 is 30.2 Å². The predicted molar refractivity (Wildman–Crippen MR) is 111 cm³/mol. The number of hydrogen-bond acceptors (Lipinski definition) is 7. The smallest absolute Gasteiger partial charge is 0.410 e. The molecule has 1 aliphatic rings.